The normalized spacial score (nSPS) is 11.2. The molecule has 0 aliphatic rings. The number of nitrogens with zero attached hydrogens (tertiary/aromatic N) is 1. The lowest BCUT2D eigenvalue weighted by Gasteiger charge is -2.04. The summed E-state index contributed by atoms with van der Waals surface area (Å²) < 4.78 is 4.97. The number of rotatable bonds is 6. The molecule has 2 heterocycles. The topological polar surface area (TPSA) is 67.0 Å². The van der Waals surface area contributed by atoms with E-state index in [0.29, 0.717) is 35.9 Å². The number of aromatic amines is 1. The Morgan fingerprint density at radius 1 is 1.35 bits per heavy atom. The molecule has 0 aliphatic carbocycles. The van der Waals surface area contributed by atoms with Crippen LogP contribution in [0.5, 0.6) is 0 Å². The molecule has 0 atom stereocenters. The molecule has 0 unspecified atom stereocenters. The van der Waals surface area contributed by atoms with E-state index in [0.717, 1.165) is 16.0 Å². The van der Waals surface area contributed by atoms with E-state index in [4.69, 9.17) is 16.3 Å². The SMILES string of the molecule is COCCNCc1nc2scc(-c3ccc(Cl)cc3)c2c(=O)[nH]1. The third-order valence-electron chi connectivity index (χ3n) is 3.42. The number of methoxy groups -OCH3 is 1. The molecule has 0 spiro atoms. The lowest BCUT2D eigenvalue weighted by atomic mass is 10.1. The number of hydrogen-bond acceptors (Lipinski definition) is 5. The standard InChI is InChI=1S/C16H16ClN3O2S/c1-22-7-6-18-8-13-19-15(21)14-12(9-23-16(14)20-13)10-2-4-11(17)5-3-10/h2-5,9,18H,6-8H2,1H3,(H,19,20,21). The van der Waals surface area contributed by atoms with Crippen molar-refractivity contribution in [2.45, 2.75) is 6.54 Å². The zero-order valence-corrected chi connectivity index (χ0v) is 14.1. The number of nitrogens with one attached hydrogen (secondary N) is 2. The maximum Gasteiger partial charge on any atom is 0.260 e. The molecule has 0 bridgehead atoms. The molecule has 120 valence electrons. The molecule has 0 saturated heterocycles. The highest BCUT2D eigenvalue weighted by Gasteiger charge is 2.12. The van der Waals surface area contributed by atoms with Gasteiger partial charge < -0.3 is 15.0 Å². The Morgan fingerprint density at radius 3 is 2.87 bits per heavy atom. The van der Waals surface area contributed by atoms with Crippen LogP contribution in [-0.2, 0) is 11.3 Å². The summed E-state index contributed by atoms with van der Waals surface area (Å²) >= 11 is 7.39. The minimum atomic E-state index is -0.121. The summed E-state index contributed by atoms with van der Waals surface area (Å²) in [6.07, 6.45) is 0. The molecule has 2 aromatic heterocycles. The summed E-state index contributed by atoms with van der Waals surface area (Å²) in [5.74, 6) is 0.628. The first-order chi connectivity index (χ1) is 11.2. The van der Waals surface area contributed by atoms with Gasteiger partial charge in [0.2, 0.25) is 0 Å². The van der Waals surface area contributed by atoms with Gasteiger partial charge in [0, 0.05) is 29.6 Å². The Kier molecular flexibility index (Phi) is 5.07. The Bertz CT molecular complexity index is 858. The second-order valence-electron chi connectivity index (χ2n) is 5.02. The highest BCUT2D eigenvalue weighted by atomic mass is 35.5. The van der Waals surface area contributed by atoms with Crippen LogP contribution in [0.25, 0.3) is 21.3 Å². The molecule has 5 nitrogen and oxygen atoms in total. The molecule has 0 amide bonds. The van der Waals surface area contributed by atoms with Gasteiger partial charge in [0.15, 0.2) is 0 Å². The van der Waals surface area contributed by atoms with Gasteiger partial charge in [-0.1, -0.05) is 23.7 Å². The van der Waals surface area contributed by atoms with E-state index in [-0.39, 0.29) is 5.56 Å². The molecule has 23 heavy (non-hydrogen) atoms. The molecule has 7 heteroatoms. The fraction of sp³-hybridized carbons (Fsp3) is 0.250. The highest BCUT2D eigenvalue weighted by Crippen LogP contribution is 2.31. The minimum absolute atomic E-state index is 0.121. The molecule has 0 fully saturated rings. The smallest absolute Gasteiger partial charge is 0.260 e. The van der Waals surface area contributed by atoms with Gasteiger partial charge in [-0.25, -0.2) is 4.98 Å². The number of thiophene rings is 1. The van der Waals surface area contributed by atoms with Crippen LogP contribution in [0.4, 0.5) is 0 Å². The maximum absolute atomic E-state index is 12.4. The van der Waals surface area contributed by atoms with E-state index in [1.54, 1.807) is 7.11 Å². The quantitative estimate of drug-likeness (QED) is 0.671. The zero-order valence-electron chi connectivity index (χ0n) is 12.6. The van der Waals surface area contributed by atoms with Crippen LogP contribution in [0.1, 0.15) is 5.82 Å². The Morgan fingerprint density at radius 2 is 2.13 bits per heavy atom. The first-order valence-electron chi connectivity index (χ1n) is 7.15. The number of hydrogen-bond donors (Lipinski definition) is 2. The Balaban J connectivity index is 1.92. The molecular weight excluding hydrogens is 334 g/mol. The van der Waals surface area contributed by atoms with Crippen LogP contribution in [0.2, 0.25) is 5.02 Å². The Hall–Kier alpha value is -1.73. The van der Waals surface area contributed by atoms with Gasteiger partial charge in [-0.15, -0.1) is 11.3 Å². The molecule has 0 radical (unpaired) electrons. The average molecular weight is 350 g/mol. The van der Waals surface area contributed by atoms with Crippen molar-refractivity contribution < 1.29 is 4.74 Å². The molecular formula is C16H16ClN3O2S. The van der Waals surface area contributed by atoms with Crippen molar-refractivity contribution in [1.29, 1.82) is 0 Å². The molecule has 2 N–H and O–H groups in total. The summed E-state index contributed by atoms with van der Waals surface area (Å²) in [5.41, 5.74) is 1.72. The number of aromatic nitrogens is 2. The number of ether oxygens (including phenoxy) is 1. The average Bonchev–Trinajstić information content (AvgIpc) is 2.97. The van der Waals surface area contributed by atoms with Gasteiger partial charge in [-0.2, -0.15) is 0 Å². The van der Waals surface area contributed by atoms with Crippen molar-refractivity contribution in [2.75, 3.05) is 20.3 Å². The Labute approximate surface area is 142 Å². The fourth-order valence-corrected chi connectivity index (χ4v) is 3.39. The van der Waals surface area contributed by atoms with Crippen LogP contribution in [0.3, 0.4) is 0 Å². The number of benzene rings is 1. The van der Waals surface area contributed by atoms with Gasteiger partial charge >= 0.3 is 0 Å². The van der Waals surface area contributed by atoms with Gasteiger partial charge in [0.1, 0.15) is 10.7 Å². The van der Waals surface area contributed by atoms with Gasteiger partial charge in [-0.3, -0.25) is 4.79 Å². The molecule has 0 aliphatic heterocycles. The van der Waals surface area contributed by atoms with Crippen LogP contribution in [-0.4, -0.2) is 30.2 Å². The van der Waals surface area contributed by atoms with E-state index in [9.17, 15) is 4.79 Å². The van der Waals surface area contributed by atoms with Crippen LogP contribution in [0.15, 0.2) is 34.4 Å². The molecule has 1 aromatic carbocycles. The van der Waals surface area contributed by atoms with Crippen LogP contribution < -0.4 is 10.9 Å². The van der Waals surface area contributed by atoms with Crippen molar-refractivity contribution in [3.63, 3.8) is 0 Å². The summed E-state index contributed by atoms with van der Waals surface area (Å²) in [6.45, 7) is 1.83. The van der Waals surface area contributed by atoms with E-state index < -0.39 is 0 Å². The highest BCUT2D eigenvalue weighted by molar-refractivity contribution is 7.17. The predicted molar refractivity (Wildman–Crippen MR) is 94.3 cm³/mol. The number of H-pyrrole nitrogens is 1. The van der Waals surface area contributed by atoms with Crippen molar-refractivity contribution in [3.05, 3.63) is 50.8 Å². The van der Waals surface area contributed by atoms with Gasteiger partial charge in [0.05, 0.1) is 18.5 Å². The van der Waals surface area contributed by atoms with Crippen LogP contribution >= 0.6 is 22.9 Å². The van der Waals surface area contributed by atoms with Crippen molar-refractivity contribution >= 4 is 33.2 Å². The maximum atomic E-state index is 12.4. The molecule has 0 saturated carbocycles. The monoisotopic (exact) mass is 349 g/mol. The largest absolute Gasteiger partial charge is 0.383 e. The fourth-order valence-electron chi connectivity index (χ4n) is 2.30. The predicted octanol–water partition coefficient (Wildman–Crippen LogP) is 3.04. The molecule has 3 aromatic rings. The first-order valence-corrected chi connectivity index (χ1v) is 8.41. The second-order valence-corrected chi connectivity index (χ2v) is 6.31. The third-order valence-corrected chi connectivity index (χ3v) is 4.55. The minimum Gasteiger partial charge on any atom is -0.383 e. The second kappa shape index (κ2) is 7.23. The molecule has 3 rings (SSSR count). The van der Waals surface area contributed by atoms with Crippen molar-refractivity contribution in [1.82, 2.24) is 15.3 Å². The summed E-state index contributed by atoms with van der Waals surface area (Å²) in [4.78, 5) is 20.6. The number of halogens is 1. The van der Waals surface area contributed by atoms with Crippen LogP contribution in [0, 0.1) is 0 Å². The van der Waals surface area contributed by atoms with E-state index in [1.807, 2.05) is 29.6 Å². The van der Waals surface area contributed by atoms with Gasteiger partial charge in [-0.05, 0) is 17.7 Å². The van der Waals surface area contributed by atoms with Crippen molar-refractivity contribution in [2.24, 2.45) is 0 Å². The van der Waals surface area contributed by atoms with E-state index >= 15 is 0 Å². The number of fused-ring (bicyclic) bond motifs is 1. The van der Waals surface area contributed by atoms with E-state index in [1.165, 1.54) is 11.3 Å². The summed E-state index contributed by atoms with van der Waals surface area (Å²) in [6, 6.07) is 7.44. The summed E-state index contributed by atoms with van der Waals surface area (Å²) in [5, 5.41) is 6.42. The van der Waals surface area contributed by atoms with Gasteiger partial charge in [0.25, 0.3) is 5.56 Å². The zero-order chi connectivity index (χ0) is 16.2. The lowest BCUT2D eigenvalue weighted by Crippen LogP contribution is -2.22. The third kappa shape index (κ3) is 3.61. The summed E-state index contributed by atoms with van der Waals surface area (Å²) in [7, 11) is 1.65. The van der Waals surface area contributed by atoms with E-state index in [2.05, 4.69) is 15.3 Å². The lowest BCUT2D eigenvalue weighted by molar-refractivity contribution is 0.199. The first kappa shape index (κ1) is 16.1. The van der Waals surface area contributed by atoms with Crippen molar-refractivity contribution in [3.8, 4) is 11.1 Å².